The molecule has 38 heavy (non-hydrogen) atoms. The molecule has 0 bridgehead atoms. The van der Waals surface area contributed by atoms with Gasteiger partial charge < -0.3 is 24.1 Å². The van der Waals surface area contributed by atoms with Gasteiger partial charge in [0.2, 0.25) is 5.91 Å². The second kappa shape index (κ2) is 10.4. The zero-order chi connectivity index (χ0) is 26.1. The molecule has 0 aliphatic carbocycles. The maximum Gasteiger partial charge on any atom is 0.289 e. The molecular formula is C28H29N5O4S. The van der Waals surface area contributed by atoms with E-state index in [1.807, 2.05) is 40.7 Å². The van der Waals surface area contributed by atoms with Gasteiger partial charge in [-0.3, -0.25) is 14.4 Å². The van der Waals surface area contributed by atoms with Crippen LogP contribution in [-0.2, 0) is 11.2 Å². The number of aromatic nitrogens is 2. The second-order valence-corrected chi connectivity index (χ2v) is 10.7. The third-order valence-corrected chi connectivity index (χ3v) is 8.55. The van der Waals surface area contributed by atoms with E-state index >= 15 is 0 Å². The number of thiazole rings is 1. The van der Waals surface area contributed by atoms with Crippen LogP contribution in [0.5, 0.6) is 0 Å². The minimum Gasteiger partial charge on any atom is -0.459 e. The molecule has 0 radical (unpaired) electrons. The van der Waals surface area contributed by atoms with E-state index < -0.39 is 0 Å². The molecule has 2 fully saturated rings. The minimum absolute atomic E-state index is 0.0936. The van der Waals surface area contributed by atoms with Crippen molar-refractivity contribution in [3.8, 4) is 0 Å². The van der Waals surface area contributed by atoms with E-state index in [2.05, 4.69) is 4.98 Å². The van der Waals surface area contributed by atoms with E-state index in [4.69, 9.17) is 9.40 Å². The van der Waals surface area contributed by atoms with E-state index in [0.717, 1.165) is 34.3 Å². The van der Waals surface area contributed by atoms with Crippen molar-refractivity contribution in [1.82, 2.24) is 24.7 Å². The number of para-hydroxylation sites is 1. The van der Waals surface area contributed by atoms with Gasteiger partial charge in [0.15, 0.2) is 5.76 Å². The predicted molar refractivity (Wildman–Crippen MR) is 143 cm³/mol. The first-order valence-corrected chi connectivity index (χ1v) is 13.8. The van der Waals surface area contributed by atoms with Crippen LogP contribution in [0.15, 0.2) is 58.7 Å². The second-order valence-electron chi connectivity index (χ2n) is 9.82. The number of likely N-dealkylation sites (tertiary alicyclic amines) is 1. The molecule has 2 aliphatic rings. The number of aromatic amines is 1. The maximum atomic E-state index is 13.1. The smallest absolute Gasteiger partial charge is 0.289 e. The Kier molecular flexibility index (Phi) is 6.71. The normalized spacial score (nSPS) is 16.8. The van der Waals surface area contributed by atoms with Crippen LogP contribution in [0, 0.1) is 0 Å². The molecule has 0 atom stereocenters. The van der Waals surface area contributed by atoms with Crippen LogP contribution >= 0.6 is 11.3 Å². The molecule has 0 unspecified atom stereocenters. The first-order valence-electron chi connectivity index (χ1n) is 13.0. The quantitative estimate of drug-likeness (QED) is 0.422. The summed E-state index contributed by atoms with van der Waals surface area (Å²) in [6.45, 7) is 3.26. The molecule has 2 saturated heterocycles. The van der Waals surface area contributed by atoms with E-state index in [9.17, 15) is 14.4 Å². The lowest BCUT2D eigenvalue weighted by molar-refractivity contribution is -0.131. The van der Waals surface area contributed by atoms with Crippen LogP contribution in [0.1, 0.15) is 50.4 Å². The Morgan fingerprint density at radius 3 is 2.39 bits per heavy atom. The zero-order valence-corrected chi connectivity index (χ0v) is 21.8. The lowest BCUT2D eigenvalue weighted by Crippen LogP contribution is -2.50. The highest BCUT2D eigenvalue weighted by Gasteiger charge is 2.30. The number of nitrogens with zero attached hydrogens (tertiary/aromatic N) is 4. The Morgan fingerprint density at radius 2 is 1.66 bits per heavy atom. The van der Waals surface area contributed by atoms with E-state index in [1.165, 1.54) is 17.6 Å². The molecule has 9 nitrogen and oxygen atoms in total. The predicted octanol–water partition coefficient (Wildman–Crippen LogP) is 3.76. The molecule has 4 aromatic rings. The lowest BCUT2D eigenvalue weighted by atomic mass is 9.97. The summed E-state index contributed by atoms with van der Waals surface area (Å²) < 4.78 is 5.21. The first-order chi connectivity index (χ1) is 18.6. The number of nitrogens with one attached hydrogen (secondary N) is 1. The molecule has 10 heteroatoms. The molecule has 3 aromatic heterocycles. The number of furan rings is 1. The van der Waals surface area contributed by atoms with Gasteiger partial charge in [0.25, 0.3) is 11.8 Å². The third kappa shape index (κ3) is 4.83. The number of benzene rings is 1. The van der Waals surface area contributed by atoms with Crippen molar-refractivity contribution in [2.75, 3.05) is 39.3 Å². The fourth-order valence-electron chi connectivity index (χ4n) is 5.33. The number of fused-ring (bicyclic) bond motifs is 1. The number of piperazine rings is 1. The van der Waals surface area contributed by atoms with Gasteiger partial charge in [-0.1, -0.05) is 18.2 Å². The highest BCUT2D eigenvalue weighted by atomic mass is 32.1. The average Bonchev–Trinajstić information content (AvgIpc) is 3.74. The highest BCUT2D eigenvalue weighted by molar-refractivity contribution is 7.09. The van der Waals surface area contributed by atoms with Gasteiger partial charge in [-0.2, -0.15) is 0 Å². The van der Waals surface area contributed by atoms with Crippen molar-refractivity contribution in [2.45, 2.75) is 25.2 Å². The van der Waals surface area contributed by atoms with Crippen molar-refractivity contribution in [2.24, 2.45) is 0 Å². The summed E-state index contributed by atoms with van der Waals surface area (Å²) in [5.74, 6) is 0.474. The lowest BCUT2D eigenvalue weighted by Gasteiger charge is -2.34. The molecule has 6 rings (SSSR count). The number of carbonyl (C=O) groups is 3. The Balaban J connectivity index is 1.00. The monoisotopic (exact) mass is 531 g/mol. The topological polar surface area (TPSA) is 103 Å². The van der Waals surface area contributed by atoms with Crippen LogP contribution in [0.25, 0.3) is 10.9 Å². The number of hydrogen-bond donors (Lipinski definition) is 1. The van der Waals surface area contributed by atoms with Crippen LogP contribution in [0.4, 0.5) is 0 Å². The van der Waals surface area contributed by atoms with E-state index in [1.54, 1.807) is 21.9 Å². The molecule has 0 saturated carbocycles. The van der Waals surface area contributed by atoms with Crippen molar-refractivity contribution < 1.29 is 18.8 Å². The summed E-state index contributed by atoms with van der Waals surface area (Å²) in [6.07, 6.45) is 5.49. The van der Waals surface area contributed by atoms with Crippen molar-refractivity contribution in [1.29, 1.82) is 0 Å². The molecular weight excluding hydrogens is 502 g/mol. The molecule has 0 spiro atoms. The number of rotatable bonds is 5. The summed E-state index contributed by atoms with van der Waals surface area (Å²) in [6, 6.07) is 11.4. The van der Waals surface area contributed by atoms with Gasteiger partial charge in [0.1, 0.15) is 5.69 Å². The molecule has 2 aliphatic heterocycles. The molecule has 3 amide bonds. The van der Waals surface area contributed by atoms with Crippen molar-refractivity contribution in [3.05, 3.63) is 76.3 Å². The van der Waals surface area contributed by atoms with Gasteiger partial charge in [0, 0.05) is 67.7 Å². The van der Waals surface area contributed by atoms with Crippen LogP contribution in [0.3, 0.4) is 0 Å². The Labute approximate surface area is 224 Å². The molecule has 5 heterocycles. The van der Waals surface area contributed by atoms with Crippen LogP contribution < -0.4 is 0 Å². The number of piperidine rings is 1. The Bertz CT molecular complexity index is 1440. The van der Waals surface area contributed by atoms with Gasteiger partial charge in [-0.15, -0.1) is 11.3 Å². The highest BCUT2D eigenvalue weighted by Crippen LogP contribution is 2.31. The fourth-order valence-corrected chi connectivity index (χ4v) is 6.30. The summed E-state index contributed by atoms with van der Waals surface area (Å²) in [7, 11) is 0. The summed E-state index contributed by atoms with van der Waals surface area (Å²) in [5.41, 5.74) is 2.54. The molecule has 196 valence electrons. The van der Waals surface area contributed by atoms with E-state index in [-0.39, 0.29) is 23.6 Å². The third-order valence-electron chi connectivity index (χ3n) is 7.54. The van der Waals surface area contributed by atoms with Gasteiger partial charge in [0.05, 0.1) is 17.7 Å². The zero-order valence-electron chi connectivity index (χ0n) is 21.0. The largest absolute Gasteiger partial charge is 0.459 e. The number of hydrogen-bond acceptors (Lipinski definition) is 6. The van der Waals surface area contributed by atoms with E-state index in [0.29, 0.717) is 57.1 Å². The Morgan fingerprint density at radius 1 is 0.921 bits per heavy atom. The van der Waals surface area contributed by atoms with Crippen molar-refractivity contribution >= 4 is 40.0 Å². The van der Waals surface area contributed by atoms with Crippen LogP contribution in [0.2, 0.25) is 0 Å². The minimum atomic E-state index is -0.149. The fraction of sp³-hybridized carbons (Fsp3) is 0.357. The average molecular weight is 532 g/mol. The molecule has 1 aromatic carbocycles. The molecule has 1 N–H and O–H groups in total. The summed E-state index contributed by atoms with van der Waals surface area (Å²) in [5, 5.41) is 3.90. The Hall–Kier alpha value is -3.92. The maximum absolute atomic E-state index is 13.1. The van der Waals surface area contributed by atoms with Crippen molar-refractivity contribution in [3.63, 3.8) is 0 Å². The number of H-pyrrole nitrogens is 1. The number of amides is 3. The number of carbonyl (C=O) groups excluding carboxylic acids is 3. The van der Waals surface area contributed by atoms with Gasteiger partial charge >= 0.3 is 0 Å². The summed E-state index contributed by atoms with van der Waals surface area (Å²) >= 11 is 1.52. The van der Waals surface area contributed by atoms with Crippen LogP contribution in [-0.4, -0.2) is 81.7 Å². The summed E-state index contributed by atoms with van der Waals surface area (Å²) in [4.78, 5) is 51.9. The first kappa shape index (κ1) is 24.4. The SMILES string of the molecule is O=C(Cc1c[nH]c2ccccc12)N1CCC(c2nc(C(=O)N3CCN(C(=O)c4ccco4)CC3)cs2)CC1. The van der Waals surface area contributed by atoms with Gasteiger partial charge in [-0.05, 0) is 36.6 Å². The standard InChI is InChI=1S/C28H29N5O4S/c34-25(16-20-17-29-22-5-2-1-4-21(20)22)31-9-7-19(8-10-31)26-30-23(18-38-26)27(35)32-11-13-33(14-12-32)28(36)24-6-3-15-37-24/h1-6,15,17-19,29H,7-14,16H2. The van der Waals surface area contributed by atoms with Gasteiger partial charge in [-0.25, -0.2) is 4.98 Å².